The number of nitrogen functional groups attached to an aromatic ring is 2. The first kappa shape index (κ1) is 46.9. The van der Waals surface area contributed by atoms with Crippen LogP contribution in [0.25, 0.3) is 0 Å². The summed E-state index contributed by atoms with van der Waals surface area (Å²) in [5.41, 5.74) is 12.0. The molecular weight excluding hydrogens is 812 g/mol. The number of rotatable bonds is 20. The van der Waals surface area contributed by atoms with Gasteiger partial charge in [0.1, 0.15) is 23.6 Å². The minimum atomic E-state index is -1.91. The standard InChI is InChI=1S/C40H38N4O15.ClH/c41-27-11-7-23(8-12-27)39(55)58-29-5-1-3-25(19-29)35(49)43(31(37(51)52)21-33(45)46)15-17-57-18-16-44(32(38(53)54)22-34(47)48)36(50)26-4-2-6-30(20-26)59-40(56)24-9-13-28(42)14-10-24;/h1-14,19-20,31-32H,15-18,21-22,41-42H2,(H,45,46)(H,47,48)(H,51,52)(H,53,54);1H. The van der Waals surface area contributed by atoms with E-state index in [1.807, 2.05) is 0 Å². The van der Waals surface area contributed by atoms with Crippen LogP contribution in [-0.4, -0.2) is 116 Å². The van der Waals surface area contributed by atoms with E-state index in [1.54, 1.807) is 0 Å². The molecule has 0 spiro atoms. The summed E-state index contributed by atoms with van der Waals surface area (Å²) < 4.78 is 16.3. The van der Waals surface area contributed by atoms with Crippen LogP contribution < -0.4 is 20.9 Å². The van der Waals surface area contributed by atoms with Crippen LogP contribution in [0.2, 0.25) is 0 Å². The van der Waals surface area contributed by atoms with E-state index >= 15 is 0 Å². The number of hydrogen-bond donors (Lipinski definition) is 6. The number of amides is 2. The van der Waals surface area contributed by atoms with E-state index in [2.05, 4.69) is 0 Å². The molecule has 0 fully saturated rings. The summed E-state index contributed by atoms with van der Waals surface area (Å²) >= 11 is 0. The molecule has 4 aromatic carbocycles. The SMILES string of the molecule is Cl.Nc1ccc(C(=O)Oc2cccc(C(=O)N(CCOCCN(C(=O)c3cccc(OC(=O)c4ccc(N)cc4)c3)C(CC(=O)O)C(=O)O)C(CC(=O)O)C(=O)O)c2)cc1. The number of benzene rings is 4. The van der Waals surface area contributed by atoms with Gasteiger partial charge in [-0.25, -0.2) is 19.2 Å². The van der Waals surface area contributed by atoms with Crippen LogP contribution >= 0.6 is 12.4 Å². The van der Waals surface area contributed by atoms with E-state index in [4.69, 9.17) is 25.7 Å². The van der Waals surface area contributed by atoms with Crippen molar-refractivity contribution in [2.24, 2.45) is 0 Å². The van der Waals surface area contributed by atoms with Gasteiger partial charge >= 0.3 is 35.8 Å². The molecule has 4 rings (SSSR count). The van der Waals surface area contributed by atoms with Gasteiger partial charge in [-0.1, -0.05) is 12.1 Å². The number of anilines is 2. The van der Waals surface area contributed by atoms with Gasteiger partial charge in [0, 0.05) is 35.6 Å². The van der Waals surface area contributed by atoms with Gasteiger partial charge in [0.2, 0.25) is 0 Å². The Morgan fingerprint density at radius 3 is 1.18 bits per heavy atom. The first-order valence-electron chi connectivity index (χ1n) is 17.5. The van der Waals surface area contributed by atoms with Gasteiger partial charge in [-0.05, 0) is 84.9 Å². The fraction of sp³-hybridized carbons (Fsp3) is 0.200. The van der Waals surface area contributed by atoms with Crippen LogP contribution in [-0.2, 0) is 23.9 Å². The minimum absolute atomic E-state index is 0. The quantitative estimate of drug-likeness (QED) is 0.0322. The van der Waals surface area contributed by atoms with Crippen molar-refractivity contribution in [1.82, 2.24) is 9.80 Å². The maximum atomic E-state index is 13.7. The molecule has 20 heteroatoms. The molecule has 2 unspecified atom stereocenters. The molecule has 316 valence electrons. The number of aliphatic carboxylic acids is 4. The van der Waals surface area contributed by atoms with Crippen LogP contribution in [0.4, 0.5) is 11.4 Å². The van der Waals surface area contributed by atoms with Crippen molar-refractivity contribution in [1.29, 1.82) is 0 Å². The number of halogens is 1. The Kier molecular flexibility index (Phi) is 17.1. The summed E-state index contributed by atoms with van der Waals surface area (Å²) in [7, 11) is 0. The lowest BCUT2D eigenvalue weighted by molar-refractivity contribution is -0.149. The number of hydrogen-bond acceptors (Lipinski definition) is 13. The third-order valence-corrected chi connectivity index (χ3v) is 8.41. The molecule has 0 saturated heterocycles. The average molecular weight is 851 g/mol. The first-order chi connectivity index (χ1) is 28.0. The van der Waals surface area contributed by atoms with Crippen molar-refractivity contribution in [3.8, 4) is 11.5 Å². The van der Waals surface area contributed by atoms with Crippen molar-refractivity contribution in [2.75, 3.05) is 37.8 Å². The second-order valence-electron chi connectivity index (χ2n) is 12.6. The zero-order valence-corrected chi connectivity index (χ0v) is 32.2. The van der Waals surface area contributed by atoms with E-state index in [9.17, 15) is 58.8 Å². The molecule has 2 atom stereocenters. The fourth-order valence-electron chi connectivity index (χ4n) is 5.51. The van der Waals surface area contributed by atoms with Crippen molar-refractivity contribution in [3.63, 3.8) is 0 Å². The Morgan fingerprint density at radius 2 is 0.867 bits per heavy atom. The van der Waals surface area contributed by atoms with Crippen molar-refractivity contribution < 1.29 is 73.0 Å². The van der Waals surface area contributed by atoms with E-state index in [0.29, 0.717) is 21.2 Å². The van der Waals surface area contributed by atoms with Crippen molar-refractivity contribution in [3.05, 3.63) is 119 Å². The topological polar surface area (TPSA) is 304 Å². The number of carbonyl (C=O) groups is 8. The summed E-state index contributed by atoms with van der Waals surface area (Å²) in [6, 6.07) is 18.0. The highest BCUT2D eigenvalue weighted by atomic mass is 35.5. The summed E-state index contributed by atoms with van der Waals surface area (Å²) in [5, 5.41) is 38.7. The molecule has 60 heavy (non-hydrogen) atoms. The molecule has 0 radical (unpaired) electrons. The number of carboxylic acids is 4. The molecule has 0 bridgehead atoms. The lowest BCUT2D eigenvalue weighted by Gasteiger charge is -2.30. The molecule has 0 aromatic heterocycles. The smallest absolute Gasteiger partial charge is 0.343 e. The first-order valence-corrected chi connectivity index (χ1v) is 17.5. The molecule has 0 aliphatic carbocycles. The second-order valence-corrected chi connectivity index (χ2v) is 12.6. The van der Waals surface area contributed by atoms with Gasteiger partial charge in [-0.2, -0.15) is 0 Å². The molecule has 0 aliphatic heterocycles. The second kappa shape index (κ2) is 21.9. The molecular formula is C40H39ClN4O15. The summed E-state index contributed by atoms with van der Waals surface area (Å²) in [6.45, 7) is -2.02. The van der Waals surface area contributed by atoms with Gasteiger partial charge in [0.05, 0.1) is 37.2 Å². The van der Waals surface area contributed by atoms with Gasteiger partial charge in [0.25, 0.3) is 11.8 Å². The van der Waals surface area contributed by atoms with Gasteiger partial charge in [-0.3, -0.25) is 19.2 Å². The van der Waals surface area contributed by atoms with Gasteiger partial charge < -0.3 is 55.9 Å². The van der Waals surface area contributed by atoms with E-state index in [-0.39, 0.29) is 46.2 Å². The predicted molar refractivity (Wildman–Crippen MR) is 212 cm³/mol. The summed E-state index contributed by atoms with van der Waals surface area (Å²) in [6.07, 6.45) is -2.03. The molecule has 2 amide bonds. The lowest BCUT2D eigenvalue weighted by atomic mass is 10.1. The lowest BCUT2D eigenvalue weighted by Crippen LogP contribution is -2.49. The number of nitrogens with zero attached hydrogens (tertiary/aromatic N) is 2. The van der Waals surface area contributed by atoms with Gasteiger partial charge in [0.15, 0.2) is 0 Å². The van der Waals surface area contributed by atoms with E-state index < -0.39 is 98.9 Å². The zero-order chi connectivity index (χ0) is 43.2. The highest BCUT2D eigenvalue weighted by Crippen LogP contribution is 2.21. The molecule has 0 heterocycles. The van der Waals surface area contributed by atoms with Crippen molar-refractivity contribution >= 4 is 71.4 Å². The maximum absolute atomic E-state index is 13.7. The Hall–Kier alpha value is -7.51. The van der Waals surface area contributed by atoms with Crippen molar-refractivity contribution in [2.45, 2.75) is 24.9 Å². The Bertz CT molecular complexity index is 2060. The third kappa shape index (κ3) is 13.3. The zero-order valence-electron chi connectivity index (χ0n) is 31.4. The maximum Gasteiger partial charge on any atom is 0.343 e. The molecule has 19 nitrogen and oxygen atoms in total. The molecule has 0 aliphatic rings. The number of nitrogens with two attached hydrogens (primary N) is 2. The number of carboxylic acid groups (broad SMARTS) is 4. The highest BCUT2D eigenvalue weighted by Gasteiger charge is 2.34. The molecule has 0 saturated carbocycles. The average Bonchev–Trinajstić information content (AvgIpc) is 3.19. The Morgan fingerprint density at radius 1 is 0.517 bits per heavy atom. The minimum Gasteiger partial charge on any atom is -0.481 e. The third-order valence-electron chi connectivity index (χ3n) is 8.41. The number of esters is 2. The predicted octanol–water partition coefficient (Wildman–Crippen LogP) is 3.17. The summed E-state index contributed by atoms with van der Waals surface area (Å²) in [4.78, 5) is 102. The monoisotopic (exact) mass is 850 g/mol. The van der Waals surface area contributed by atoms with E-state index in [0.717, 1.165) is 12.1 Å². The largest absolute Gasteiger partial charge is 0.481 e. The molecule has 8 N–H and O–H groups in total. The summed E-state index contributed by atoms with van der Waals surface area (Å²) in [5.74, 6) is -10.1. The highest BCUT2D eigenvalue weighted by molar-refractivity contribution is 5.99. The van der Waals surface area contributed by atoms with Crippen LogP contribution in [0.1, 0.15) is 54.3 Å². The van der Waals surface area contributed by atoms with Crippen LogP contribution in [0.15, 0.2) is 97.1 Å². The van der Waals surface area contributed by atoms with Crippen LogP contribution in [0.3, 0.4) is 0 Å². The Balaban J connectivity index is 0.00000961. The Labute approximate surface area is 347 Å². The number of carbonyl (C=O) groups excluding carboxylic acids is 4. The fourth-order valence-corrected chi connectivity index (χ4v) is 5.51. The van der Waals surface area contributed by atoms with E-state index in [1.165, 1.54) is 84.9 Å². The van der Waals surface area contributed by atoms with Gasteiger partial charge in [-0.15, -0.1) is 12.4 Å². The normalized spacial score (nSPS) is 11.5. The van der Waals surface area contributed by atoms with Crippen LogP contribution in [0, 0.1) is 0 Å². The molecule has 4 aromatic rings. The number of ether oxygens (including phenoxy) is 3. The van der Waals surface area contributed by atoms with Crippen LogP contribution in [0.5, 0.6) is 11.5 Å².